The van der Waals surface area contributed by atoms with Crippen LogP contribution in [0, 0.1) is 0 Å². The first kappa shape index (κ1) is 12.4. The monoisotopic (exact) mass is 275 g/mol. The van der Waals surface area contributed by atoms with Gasteiger partial charge in [-0.15, -0.1) is 11.3 Å². The van der Waals surface area contributed by atoms with Crippen molar-refractivity contribution in [1.29, 1.82) is 0 Å². The Morgan fingerprint density at radius 2 is 2.42 bits per heavy atom. The minimum absolute atomic E-state index is 0.0475. The third kappa shape index (κ3) is 2.42. The summed E-state index contributed by atoms with van der Waals surface area (Å²) in [5.41, 5.74) is 1.44. The van der Waals surface area contributed by atoms with Crippen LogP contribution in [0.5, 0.6) is 0 Å². The van der Waals surface area contributed by atoms with E-state index in [1.807, 2.05) is 28.5 Å². The number of nitrogens with zero attached hydrogens (tertiary/aromatic N) is 2. The lowest BCUT2D eigenvalue weighted by Gasteiger charge is -2.32. The van der Waals surface area contributed by atoms with Gasteiger partial charge >= 0.3 is 0 Å². The first-order valence-corrected chi connectivity index (χ1v) is 7.54. The van der Waals surface area contributed by atoms with Gasteiger partial charge in [-0.1, -0.05) is 6.07 Å². The van der Waals surface area contributed by atoms with Crippen molar-refractivity contribution in [3.63, 3.8) is 0 Å². The maximum Gasteiger partial charge on any atom is 0.274 e. The van der Waals surface area contributed by atoms with E-state index in [4.69, 9.17) is 0 Å². The zero-order chi connectivity index (χ0) is 13.2. The van der Waals surface area contributed by atoms with Gasteiger partial charge in [-0.25, -0.2) is 0 Å². The lowest BCUT2D eigenvalue weighted by Crippen LogP contribution is -2.42. The topological polar surface area (TPSA) is 49.0 Å². The maximum atomic E-state index is 12.4. The molecule has 100 valence electrons. The SMILES string of the molecule is C[C@@H]1CCCCN1C(=O)c1cc(-c2cccs2)[nH]n1. The van der Waals surface area contributed by atoms with E-state index in [-0.39, 0.29) is 5.91 Å². The van der Waals surface area contributed by atoms with Crippen LogP contribution in [-0.4, -0.2) is 33.6 Å². The molecule has 0 saturated carbocycles. The van der Waals surface area contributed by atoms with Crippen molar-refractivity contribution in [3.05, 3.63) is 29.3 Å². The van der Waals surface area contributed by atoms with Gasteiger partial charge in [-0.2, -0.15) is 5.10 Å². The maximum absolute atomic E-state index is 12.4. The molecule has 3 rings (SSSR count). The summed E-state index contributed by atoms with van der Waals surface area (Å²) < 4.78 is 0. The van der Waals surface area contributed by atoms with Crippen molar-refractivity contribution < 1.29 is 4.79 Å². The number of amides is 1. The van der Waals surface area contributed by atoms with Gasteiger partial charge in [0.05, 0.1) is 10.6 Å². The largest absolute Gasteiger partial charge is 0.335 e. The van der Waals surface area contributed by atoms with E-state index in [1.54, 1.807) is 11.3 Å². The summed E-state index contributed by atoms with van der Waals surface area (Å²) in [6, 6.07) is 6.20. The Balaban J connectivity index is 1.80. The van der Waals surface area contributed by atoms with Crippen molar-refractivity contribution in [2.75, 3.05) is 6.54 Å². The Hall–Kier alpha value is -1.62. The Kier molecular flexibility index (Phi) is 3.38. The molecule has 1 fully saturated rings. The fourth-order valence-corrected chi connectivity index (χ4v) is 3.23. The second-order valence-corrected chi connectivity index (χ2v) is 5.94. The molecular formula is C14H17N3OS. The van der Waals surface area contributed by atoms with E-state index >= 15 is 0 Å². The Bertz CT molecular complexity index is 561. The van der Waals surface area contributed by atoms with Gasteiger partial charge in [0.15, 0.2) is 5.69 Å². The number of piperidine rings is 1. The number of carbonyl (C=O) groups excluding carboxylic acids is 1. The van der Waals surface area contributed by atoms with Crippen LogP contribution in [0.25, 0.3) is 10.6 Å². The Morgan fingerprint density at radius 3 is 3.16 bits per heavy atom. The first-order valence-electron chi connectivity index (χ1n) is 6.66. The number of nitrogens with one attached hydrogen (secondary N) is 1. The number of carbonyl (C=O) groups is 1. The zero-order valence-corrected chi connectivity index (χ0v) is 11.7. The second kappa shape index (κ2) is 5.17. The predicted octanol–water partition coefficient (Wildman–Crippen LogP) is 3.15. The number of H-pyrrole nitrogens is 1. The highest BCUT2D eigenvalue weighted by Gasteiger charge is 2.25. The van der Waals surface area contributed by atoms with Crippen LogP contribution < -0.4 is 0 Å². The van der Waals surface area contributed by atoms with E-state index in [0.29, 0.717) is 11.7 Å². The van der Waals surface area contributed by atoms with Gasteiger partial charge in [0, 0.05) is 12.6 Å². The molecule has 1 N–H and O–H groups in total. The molecule has 2 aromatic rings. The third-order valence-corrected chi connectivity index (χ3v) is 4.55. The van der Waals surface area contributed by atoms with Crippen molar-refractivity contribution in [1.82, 2.24) is 15.1 Å². The van der Waals surface area contributed by atoms with Crippen LogP contribution in [0.2, 0.25) is 0 Å². The first-order chi connectivity index (χ1) is 9.25. The molecule has 0 bridgehead atoms. The smallest absolute Gasteiger partial charge is 0.274 e. The average Bonchev–Trinajstić information content (AvgIpc) is 3.09. The van der Waals surface area contributed by atoms with Crippen LogP contribution >= 0.6 is 11.3 Å². The molecule has 4 nitrogen and oxygen atoms in total. The summed E-state index contributed by atoms with van der Waals surface area (Å²) in [4.78, 5) is 15.5. The van der Waals surface area contributed by atoms with Gasteiger partial charge in [0.25, 0.3) is 5.91 Å². The number of rotatable bonds is 2. The van der Waals surface area contributed by atoms with Crippen LogP contribution in [-0.2, 0) is 0 Å². The van der Waals surface area contributed by atoms with Crippen LogP contribution in [0.4, 0.5) is 0 Å². The summed E-state index contributed by atoms with van der Waals surface area (Å²) in [7, 11) is 0. The lowest BCUT2D eigenvalue weighted by atomic mass is 10.0. The fourth-order valence-electron chi connectivity index (χ4n) is 2.54. The molecule has 0 spiro atoms. The number of aromatic nitrogens is 2. The molecule has 1 atom stereocenters. The molecule has 0 aliphatic carbocycles. The molecule has 0 aromatic carbocycles. The van der Waals surface area contributed by atoms with Gasteiger partial charge in [0.1, 0.15) is 0 Å². The standard InChI is InChI=1S/C14H17N3OS/c1-10-5-2-3-7-17(10)14(18)12-9-11(15-16-12)13-6-4-8-19-13/h4,6,8-10H,2-3,5,7H2,1H3,(H,15,16)/t10-/m1/s1. The summed E-state index contributed by atoms with van der Waals surface area (Å²) in [6.07, 6.45) is 3.40. The zero-order valence-electron chi connectivity index (χ0n) is 10.9. The summed E-state index contributed by atoms with van der Waals surface area (Å²) in [5, 5.41) is 9.15. The molecule has 0 unspecified atom stereocenters. The highest BCUT2D eigenvalue weighted by Crippen LogP contribution is 2.24. The summed E-state index contributed by atoms with van der Waals surface area (Å²) >= 11 is 1.64. The Morgan fingerprint density at radius 1 is 1.53 bits per heavy atom. The van der Waals surface area contributed by atoms with E-state index in [2.05, 4.69) is 17.1 Å². The molecule has 19 heavy (non-hydrogen) atoms. The molecule has 2 aromatic heterocycles. The molecular weight excluding hydrogens is 258 g/mol. The molecule has 5 heteroatoms. The van der Waals surface area contributed by atoms with Crippen LogP contribution in [0.3, 0.4) is 0 Å². The van der Waals surface area contributed by atoms with Gasteiger partial charge < -0.3 is 4.90 Å². The predicted molar refractivity (Wildman–Crippen MR) is 76.3 cm³/mol. The number of hydrogen-bond acceptors (Lipinski definition) is 3. The molecule has 1 saturated heterocycles. The number of aromatic amines is 1. The number of likely N-dealkylation sites (tertiary alicyclic amines) is 1. The van der Waals surface area contributed by atoms with Crippen molar-refractivity contribution >= 4 is 17.2 Å². The van der Waals surface area contributed by atoms with Crippen LogP contribution in [0.1, 0.15) is 36.7 Å². The number of thiophene rings is 1. The quantitative estimate of drug-likeness (QED) is 0.915. The van der Waals surface area contributed by atoms with E-state index in [1.165, 1.54) is 6.42 Å². The van der Waals surface area contributed by atoms with Gasteiger partial charge in [0.2, 0.25) is 0 Å². The highest BCUT2D eigenvalue weighted by atomic mass is 32.1. The van der Waals surface area contributed by atoms with Crippen molar-refractivity contribution in [2.45, 2.75) is 32.2 Å². The minimum atomic E-state index is 0.0475. The van der Waals surface area contributed by atoms with E-state index in [9.17, 15) is 4.79 Å². The minimum Gasteiger partial charge on any atom is -0.335 e. The van der Waals surface area contributed by atoms with Crippen molar-refractivity contribution in [2.24, 2.45) is 0 Å². The summed E-state index contributed by atoms with van der Waals surface area (Å²) in [5.74, 6) is 0.0475. The lowest BCUT2D eigenvalue weighted by molar-refractivity contribution is 0.0629. The highest BCUT2D eigenvalue weighted by molar-refractivity contribution is 7.13. The molecule has 3 heterocycles. The fraction of sp³-hybridized carbons (Fsp3) is 0.429. The molecule has 1 aliphatic rings. The normalized spacial score (nSPS) is 19.6. The van der Waals surface area contributed by atoms with Gasteiger partial charge in [-0.05, 0) is 43.7 Å². The molecule has 1 aliphatic heterocycles. The number of hydrogen-bond donors (Lipinski definition) is 1. The Labute approximate surface area is 116 Å². The van der Waals surface area contributed by atoms with Gasteiger partial charge in [-0.3, -0.25) is 9.89 Å². The van der Waals surface area contributed by atoms with E-state index < -0.39 is 0 Å². The second-order valence-electron chi connectivity index (χ2n) is 4.99. The van der Waals surface area contributed by atoms with Crippen molar-refractivity contribution in [3.8, 4) is 10.6 Å². The van der Waals surface area contributed by atoms with Crippen LogP contribution in [0.15, 0.2) is 23.6 Å². The third-order valence-electron chi connectivity index (χ3n) is 3.65. The molecule has 1 amide bonds. The average molecular weight is 275 g/mol. The summed E-state index contributed by atoms with van der Waals surface area (Å²) in [6.45, 7) is 2.96. The van der Waals surface area contributed by atoms with E-state index in [0.717, 1.165) is 30.0 Å². The molecule has 0 radical (unpaired) electrons.